The normalized spacial score (nSPS) is 13.7. The lowest BCUT2D eigenvalue weighted by Gasteiger charge is -2.22. The lowest BCUT2D eigenvalue weighted by molar-refractivity contribution is 0.390. The molecule has 3 heteroatoms. The predicted molar refractivity (Wildman–Crippen MR) is 71.6 cm³/mol. The molecule has 1 nitrogen and oxygen atoms in total. The number of hydrogen-bond donors (Lipinski definition) is 1. The zero-order valence-corrected chi connectivity index (χ0v) is 11.7. The summed E-state index contributed by atoms with van der Waals surface area (Å²) in [7, 11) is 0. The molecule has 102 valence electrons. The molecule has 0 amide bonds. The zero-order valence-electron chi connectivity index (χ0n) is 11.7. The van der Waals surface area contributed by atoms with Crippen molar-refractivity contribution in [3.63, 3.8) is 0 Å². The van der Waals surface area contributed by atoms with Crippen LogP contribution < -0.4 is 5.32 Å². The summed E-state index contributed by atoms with van der Waals surface area (Å²) in [5, 5.41) is 3.38. The highest BCUT2D eigenvalue weighted by atomic mass is 19.1. The standard InChI is InChI=1S/C15H23F2N/c1-11(8-9-18-15(2,3)4)10-12-13(16)6-5-7-14(12)17/h5-7,11,18H,8-10H2,1-4H3. The summed E-state index contributed by atoms with van der Waals surface area (Å²) in [6.45, 7) is 9.20. The van der Waals surface area contributed by atoms with Crippen LogP contribution in [0.15, 0.2) is 18.2 Å². The minimum atomic E-state index is -0.439. The Morgan fingerprint density at radius 3 is 2.22 bits per heavy atom. The van der Waals surface area contributed by atoms with E-state index in [0.717, 1.165) is 13.0 Å². The molecule has 1 rings (SSSR count). The summed E-state index contributed by atoms with van der Waals surface area (Å²) >= 11 is 0. The van der Waals surface area contributed by atoms with Gasteiger partial charge in [-0.3, -0.25) is 0 Å². The fraction of sp³-hybridized carbons (Fsp3) is 0.600. The molecule has 0 aromatic heterocycles. The maximum Gasteiger partial charge on any atom is 0.129 e. The molecule has 0 fully saturated rings. The molecular weight excluding hydrogens is 232 g/mol. The molecule has 1 unspecified atom stereocenters. The van der Waals surface area contributed by atoms with Crippen molar-refractivity contribution in [2.24, 2.45) is 5.92 Å². The molecule has 1 atom stereocenters. The lowest BCUT2D eigenvalue weighted by Crippen LogP contribution is -2.37. The molecule has 0 saturated heterocycles. The molecule has 1 N–H and O–H groups in total. The third kappa shape index (κ3) is 5.13. The van der Waals surface area contributed by atoms with Crippen molar-refractivity contribution in [1.82, 2.24) is 5.32 Å². The van der Waals surface area contributed by atoms with Gasteiger partial charge in [0, 0.05) is 11.1 Å². The van der Waals surface area contributed by atoms with E-state index in [1.54, 1.807) is 0 Å². The van der Waals surface area contributed by atoms with Gasteiger partial charge in [-0.05, 0) is 58.2 Å². The summed E-state index contributed by atoms with van der Waals surface area (Å²) in [5.74, 6) is -0.623. The third-order valence-electron chi connectivity index (χ3n) is 2.91. The summed E-state index contributed by atoms with van der Waals surface area (Å²) in [6, 6.07) is 4.04. The van der Waals surface area contributed by atoms with Crippen LogP contribution in [0.25, 0.3) is 0 Å². The maximum atomic E-state index is 13.5. The highest BCUT2D eigenvalue weighted by molar-refractivity contribution is 5.20. The van der Waals surface area contributed by atoms with Crippen molar-refractivity contribution < 1.29 is 8.78 Å². The predicted octanol–water partition coefficient (Wildman–Crippen LogP) is 3.92. The second-order valence-electron chi connectivity index (χ2n) is 5.97. The van der Waals surface area contributed by atoms with Gasteiger partial charge < -0.3 is 5.32 Å². The first-order valence-electron chi connectivity index (χ1n) is 6.47. The number of nitrogens with one attached hydrogen (secondary N) is 1. The minimum absolute atomic E-state index is 0.0863. The van der Waals surface area contributed by atoms with Crippen LogP contribution in [0.4, 0.5) is 8.78 Å². The molecule has 0 aliphatic heterocycles. The zero-order chi connectivity index (χ0) is 13.8. The van der Waals surface area contributed by atoms with E-state index < -0.39 is 11.6 Å². The maximum absolute atomic E-state index is 13.5. The van der Waals surface area contributed by atoms with E-state index in [-0.39, 0.29) is 17.0 Å². The van der Waals surface area contributed by atoms with Gasteiger partial charge in [-0.25, -0.2) is 8.78 Å². The van der Waals surface area contributed by atoms with Gasteiger partial charge in [0.1, 0.15) is 11.6 Å². The molecule has 0 spiro atoms. The first-order valence-corrected chi connectivity index (χ1v) is 6.47. The Morgan fingerprint density at radius 2 is 1.72 bits per heavy atom. The van der Waals surface area contributed by atoms with Gasteiger partial charge in [0.05, 0.1) is 0 Å². The fourth-order valence-corrected chi connectivity index (χ4v) is 1.87. The van der Waals surface area contributed by atoms with Crippen LogP contribution in [0.3, 0.4) is 0 Å². The number of rotatable bonds is 5. The summed E-state index contributed by atoms with van der Waals surface area (Å²) in [6.07, 6.45) is 1.36. The van der Waals surface area contributed by atoms with Crippen LogP contribution in [-0.2, 0) is 6.42 Å². The molecule has 0 heterocycles. The number of halogens is 2. The van der Waals surface area contributed by atoms with Crippen molar-refractivity contribution in [2.45, 2.75) is 46.1 Å². The van der Waals surface area contributed by atoms with Crippen molar-refractivity contribution in [1.29, 1.82) is 0 Å². The summed E-state index contributed by atoms with van der Waals surface area (Å²) in [4.78, 5) is 0. The number of benzene rings is 1. The Bertz CT molecular complexity index is 362. The fourth-order valence-electron chi connectivity index (χ4n) is 1.87. The van der Waals surface area contributed by atoms with Crippen LogP contribution in [-0.4, -0.2) is 12.1 Å². The van der Waals surface area contributed by atoms with Crippen molar-refractivity contribution in [3.05, 3.63) is 35.4 Å². The van der Waals surface area contributed by atoms with E-state index in [1.165, 1.54) is 18.2 Å². The highest BCUT2D eigenvalue weighted by Crippen LogP contribution is 2.18. The average molecular weight is 255 g/mol. The van der Waals surface area contributed by atoms with Gasteiger partial charge in [0.15, 0.2) is 0 Å². The molecule has 0 radical (unpaired) electrons. The Morgan fingerprint density at radius 1 is 1.17 bits per heavy atom. The van der Waals surface area contributed by atoms with E-state index >= 15 is 0 Å². The number of hydrogen-bond acceptors (Lipinski definition) is 1. The molecule has 0 saturated carbocycles. The monoisotopic (exact) mass is 255 g/mol. The van der Waals surface area contributed by atoms with Crippen molar-refractivity contribution in [2.75, 3.05) is 6.54 Å². The molecule has 1 aromatic carbocycles. The SMILES string of the molecule is CC(CCNC(C)(C)C)Cc1c(F)cccc1F. The van der Waals surface area contributed by atoms with Crippen LogP contribution >= 0.6 is 0 Å². The molecule has 18 heavy (non-hydrogen) atoms. The lowest BCUT2D eigenvalue weighted by atomic mass is 9.97. The Labute approximate surface area is 109 Å². The second kappa shape index (κ2) is 6.28. The van der Waals surface area contributed by atoms with Gasteiger partial charge >= 0.3 is 0 Å². The first-order chi connectivity index (χ1) is 8.29. The van der Waals surface area contributed by atoms with Gasteiger partial charge in [-0.1, -0.05) is 13.0 Å². The second-order valence-corrected chi connectivity index (χ2v) is 5.97. The van der Waals surface area contributed by atoms with Gasteiger partial charge in [0.2, 0.25) is 0 Å². The topological polar surface area (TPSA) is 12.0 Å². The van der Waals surface area contributed by atoms with Gasteiger partial charge in [0.25, 0.3) is 0 Å². The highest BCUT2D eigenvalue weighted by Gasteiger charge is 2.14. The third-order valence-corrected chi connectivity index (χ3v) is 2.91. The summed E-state index contributed by atoms with van der Waals surface area (Å²) in [5.41, 5.74) is 0.295. The largest absolute Gasteiger partial charge is 0.312 e. The summed E-state index contributed by atoms with van der Waals surface area (Å²) < 4.78 is 26.9. The van der Waals surface area contributed by atoms with E-state index in [4.69, 9.17) is 0 Å². The van der Waals surface area contributed by atoms with E-state index in [2.05, 4.69) is 26.1 Å². The van der Waals surface area contributed by atoms with Gasteiger partial charge in [-0.2, -0.15) is 0 Å². The van der Waals surface area contributed by atoms with Crippen LogP contribution in [0.5, 0.6) is 0 Å². The van der Waals surface area contributed by atoms with E-state index in [0.29, 0.717) is 6.42 Å². The molecule has 0 aliphatic carbocycles. The smallest absolute Gasteiger partial charge is 0.129 e. The first kappa shape index (κ1) is 15.1. The Kier molecular flexibility index (Phi) is 5.27. The van der Waals surface area contributed by atoms with Crippen LogP contribution in [0.2, 0.25) is 0 Å². The van der Waals surface area contributed by atoms with E-state index in [1.807, 2.05) is 6.92 Å². The van der Waals surface area contributed by atoms with Crippen LogP contribution in [0, 0.1) is 17.6 Å². The Hall–Kier alpha value is -0.960. The van der Waals surface area contributed by atoms with Gasteiger partial charge in [-0.15, -0.1) is 0 Å². The van der Waals surface area contributed by atoms with Crippen LogP contribution in [0.1, 0.15) is 39.7 Å². The van der Waals surface area contributed by atoms with E-state index in [9.17, 15) is 8.78 Å². The molecule has 0 bridgehead atoms. The quantitative estimate of drug-likeness (QED) is 0.841. The minimum Gasteiger partial charge on any atom is -0.312 e. The molecule has 0 aliphatic rings. The molecular formula is C15H23F2N. The Balaban J connectivity index is 2.47. The van der Waals surface area contributed by atoms with Crippen molar-refractivity contribution in [3.8, 4) is 0 Å². The average Bonchev–Trinajstić information content (AvgIpc) is 2.22. The molecule has 1 aromatic rings. The van der Waals surface area contributed by atoms with Crippen molar-refractivity contribution >= 4 is 0 Å².